The van der Waals surface area contributed by atoms with Gasteiger partial charge in [-0.2, -0.15) is 9.97 Å². The van der Waals surface area contributed by atoms with E-state index in [0.29, 0.717) is 17.6 Å². The van der Waals surface area contributed by atoms with E-state index >= 15 is 0 Å². The van der Waals surface area contributed by atoms with Gasteiger partial charge in [-0.15, -0.1) is 0 Å². The van der Waals surface area contributed by atoms with Crippen LogP contribution in [0.15, 0.2) is 192 Å². The molecule has 57 heavy (non-hydrogen) atoms. The molecule has 12 aromatic rings. The number of hydrogen-bond acceptors (Lipinski definition) is 4. The van der Waals surface area contributed by atoms with Crippen LogP contribution in [-0.4, -0.2) is 24.1 Å². The summed E-state index contributed by atoms with van der Waals surface area (Å²) in [5, 5.41) is 6.73. The van der Waals surface area contributed by atoms with Crippen LogP contribution in [0.3, 0.4) is 0 Å². The zero-order valence-corrected chi connectivity index (χ0v) is 30.5. The van der Waals surface area contributed by atoms with Crippen LogP contribution in [0.25, 0.3) is 111 Å². The third kappa shape index (κ3) is 4.94. The van der Waals surface area contributed by atoms with E-state index in [1.54, 1.807) is 0 Å². The first-order valence-electron chi connectivity index (χ1n) is 19.1. The smallest absolute Gasteiger partial charge is 0.238 e. The molecular formula is C51H31N5O. The fourth-order valence-corrected chi connectivity index (χ4v) is 8.56. The van der Waals surface area contributed by atoms with Crippen molar-refractivity contribution in [3.05, 3.63) is 188 Å². The fourth-order valence-electron chi connectivity index (χ4n) is 8.56. The molecular weight excluding hydrogens is 699 g/mol. The van der Waals surface area contributed by atoms with Crippen molar-refractivity contribution in [1.82, 2.24) is 24.1 Å². The van der Waals surface area contributed by atoms with Crippen LogP contribution in [0.4, 0.5) is 0 Å². The van der Waals surface area contributed by atoms with Gasteiger partial charge in [0.15, 0.2) is 11.6 Å². The highest BCUT2D eigenvalue weighted by Gasteiger charge is 2.21. The minimum absolute atomic E-state index is 0.544. The molecule has 8 aromatic carbocycles. The molecule has 0 amide bonds. The summed E-state index contributed by atoms with van der Waals surface area (Å²) in [4.78, 5) is 15.8. The van der Waals surface area contributed by atoms with E-state index in [2.05, 4.69) is 167 Å². The minimum Gasteiger partial charge on any atom is -0.456 e. The van der Waals surface area contributed by atoms with Gasteiger partial charge in [0.1, 0.15) is 11.2 Å². The van der Waals surface area contributed by atoms with Crippen LogP contribution >= 0.6 is 0 Å². The van der Waals surface area contributed by atoms with Crippen LogP contribution in [0.5, 0.6) is 0 Å². The molecule has 4 aromatic heterocycles. The average molecular weight is 730 g/mol. The van der Waals surface area contributed by atoms with E-state index in [1.165, 1.54) is 5.39 Å². The zero-order valence-electron chi connectivity index (χ0n) is 30.5. The molecule has 0 aliphatic rings. The Balaban J connectivity index is 1.14. The second kappa shape index (κ2) is 12.3. The molecule has 0 N–H and O–H groups in total. The first-order chi connectivity index (χ1) is 28.2. The van der Waals surface area contributed by atoms with Gasteiger partial charge in [0.2, 0.25) is 5.95 Å². The second-order valence-corrected chi connectivity index (χ2v) is 14.5. The van der Waals surface area contributed by atoms with E-state index in [4.69, 9.17) is 19.4 Å². The van der Waals surface area contributed by atoms with Gasteiger partial charge in [0.05, 0.1) is 22.1 Å². The van der Waals surface area contributed by atoms with E-state index in [1.807, 2.05) is 30.3 Å². The van der Waals surface area contributed by atoms with Gasteiger partial charge >= 0.3 is 0 Å². The SMILES string of the molecule is c1ccc(-c2cccc(-c3nc(-c4ccc5c(c4)oc4ccccc45)nc(-n4c5ccccc5c5cc6c(cc54)c4ccccc4n6-c4ccccc4)n3)c2)cc1. The van der Waals surface area contributed by atoms with E-state index in [-0.39, 0.29) is 0 Å². The molecule has 0 aliphatic heterocycles. The van der Waals surface area contributed by atoms with E-state index in [0.717, 1.165) is 88.1 Å². The van der Waals surface area contributed by atoms with Crippen molar-refractivity contribution in [2.24, 2.45) is 0 Å². The van der Waals surface area contributed by atoms with Crippen molar-refractivity contribution >= 4 is 65.6 Å². The summed E-state index contributed by atoms with van der Waals surface area (Å²) in [5.41, 5.74) is 11.1. The summed E-state index contributed by atoms with van der Waals surface area (Å²) in [6, 6.07) is 65.6. The number of rotatable bonds is 5. The van der Waals surface area contributed by atoms with Gasteiger partial charge in [-0.25, -0.2) is 4.98 Å². The topological polar surface area (TPSA) is 61.7 Å². The summed E-state index contributed by atoms with van der Waals surface area (Å²) in [7, 11) is 0. The van der Waals surface area contributed by atoms with Gasteiger partial charge in [-0.05, 0) is 71.8 Å². The monoisotopic (exact) mass is 729 g/mol. The number of nitrogens with zero attached hydrogens (tertiary/aromatic N) is 5. The molecule has 0 saturated carbocycles. The van der Waals surface area contributed by atoms with Crippen LogP contribution in [0.2, 0.25) is 0 Å². The predicted molar refractivity (Wildman–Crippen MR) is 232 cm³/mol. The Morgan fingerprint density at radius 1 is 0.316 bits per heavy atom. The largest absolute Gasteiger partial charge is 0.456 e. The lowest BCUT2D eigenvalue weighted by atomic mass is 10.0. The summed E-state index contributed by atoms with van der Waals surface area (Å²) < 4.78 is 10.9. The van der Waals surface area contributed by atoms with Crippen molar-refractivity contribution in [3.8, 4) is 45.5 Å². The quantitative estimate of drug-likeness (QED) is 0.177. The van der Waals surface area contributed by atoms with Crippen molar-refractivity contribution in [1.29, 1.82) is 0 Å². The molecule has 12 rings (SSSR count). The molecule has 4 heterocycles. The third-order valence-corrected chi connectivity index (χ3v) is 11.2. The Morgan fingerprint density at radius 3 is 1.60 bits per heavy atom. The van der Waals surface area contributed by atoms with Gasteiger partial charge in [-0.1, -0.05) is 127 Å². The normalized spacial score (nSPS) is 11.9. The maximum absolute atomic E-state index is 6.34. The lowest BCUT2D eigenvalue weighted by Gasteiger charge is -2.12. The second-order valence-electron chi connectivity index (χ2n) is 14.5. The van der Waals surface area contributed by atoms with Gasteiger partial charge in [-0.3, -0.25) is 4.57 Å². The molecule has 0 radical (unpaired) electrons. The lowest BCUT2D eigenvalue weighted by molar-refractivity contribution is 0.669. The Bertz CT molecular complexity index is 3520. The Morgan fingerprint density at radius 2 is 0.860 bits per heavy atom. The number of para-hydroxylation sites is 4. The van der Waals surface area contributed by atoms with Gasteiger partial charge < -0.3 is 8.98 Å². The summed E-state index contributed by atoms with van der Waals surface area (Å²) >= 11 is 0. The number of furan rings is 1. The third-order valence-electron chi connectivity index (χ3n) is 11.2. The molecule has 0 unspecified atom stereocenters. The van der Waals surface area contributed by atoms with E-state index < -0.39 is 0 Å². The molecule has 0 atom stereocenters. The molecule has 0 fully saturated rings. The molecule has 6 heteroatoms. The Labute approximate surface area is 326 Å². The van der Waals surface area contributed by atoms with Crippen LogP contribution < -0.4 is 0 Å². The predicted octanol–water partition coefficient (Wildman–Crippen LogP) is 13.0. The fraction of sp³-hybridized carbons (Fsp3) is 0. The van der Waals surface area contributed by atoms with Crippen LogP contribution in [0.1, 0.15) is 0 Å². The van der Waals surface area contributed by atoms with Crippen LogP contribution in [-0.2, 0) is 0 Å². The van der Waals surface area contributed by atoms with Gasteiger partial charge in [0, 0.05) is 49.1 Å². The first-order valence-corrected chi connectivity index (χ1v) is 19.1. The maximum Gasteiger partial charge on any atom is 0.238 e. The Kier molecular flexibility index (Phi) is 6.83. The van der Waals surface area contributed by atoms with Gasteiger partial charge in [0.25, 0.3) is 0 Å². The van der Waals surface area contributed by atoms with Crippen molar-refractivity contribution < 1.29 is 4.42 Å². The number of fused-ring (bicyclic) bond motifs is 9. The first kappa shape index (κ1) is 31.5. The molecule has 0 bridgehead atoms. The molecule has 6 nitrogen and oxygen atoms in total. The lowest BCUT2D eigenvalue weighted by Crippen LogP contribution is -2.06. The van der Waals surface area contributed by atoms with Crippen LogP contribution in [0, 0.1) is 0 Å². The summed E-state index contributed by atoms with van der Waals surface area (Å²) in [6.45, 7) is 0. The standard InChI is InChI=1S/C51H31N5O/c1-3-14-32(15-4-1)33-16-13-17-34(28-33)49-52-50(35-26-27-40-39-22-9-12-25-47(39)57-48(40)29-35)54-51(53-49)56-44-24-11-8-21-38(44)42-30-45-41(31-46(42)56)37-20-7-10-23-43(37)55(45)36-18-5-2-6-19-36/h1-31H. The average Bonchev–Trinajstić information content (AvgIpc) is 3.93. The Hall–Kier alpha value is -7.83. The zero-order chi connectivity index (χ0) is 37.5. The van der Waals surface area contributed by atoms with E-state index in [9.17, 15) is 0 Å². The highest BCUT2D eigenvalue weighted by molar-refractivity contribution is 6.19. The molecule has 0 saturated heterocycles. The number of benzene rings is 8. The number of hydrogen-bond donors (Lipinski definition) is 0. The highest BCUT2D eigenvalue weighted by Crippen LogP contribution is 2.40. The van der Waals surface area contributed by atoms with Crippen molar-refractivity contribution in [2.75, 3.05) is 0 Å². The van der Waals surface area contributed by atoms with Crippen molar-refractivity contribution in [3.63, 3.8) is 0 Å². The molecule has 0 spiro atoms. The minimum atomic E-state index is 0.544. The highest BCUT2D eigenvalue weighted by atomic mass is 16.3. The molecule has 0 aliphatic carbocycles. The van der Waals surface area contributed by atoms with Crippen molar-refractivity contribution in [2.45, 2.75) is 0 Å². The number of aromatic nitrogens is 5. The maximum atomic E-state index is 6.34. The summed E-state index contributed by atoms with van der Waals surface area (Å²) in [6.07, 6.45) is 0. The molecule has 266 valence electrons. The summed E-state index contributed by atoms with van der Waals surface area (Å²) in [5.74, 6) is 1.70.